The molecule has 0 spiro atoms. The number of fused-ring (bicyclic) bond motifs is 1. The molecule has 2 aromatic rings. The molecule has 3 rings (SSSR count). The Bertz CT molecular complexity index is 727. The highest BCUT2D eigenvalue weighted by Gasteiger charge is 2.26. The molecule has 1 aliphatic carbocycles. The second-order valence-electron chi connectivity index (χ2n) is 6.22. The number of methoxy groups -OCH3 is 1. The summed E-state index contributed by atoms with van der Waals surface area (Å²) in [6.45, 7) is 1.50. The van der Waals surface area contributed by atoms with E-state index in [-0.39, 0.29) is 17.5 Å². The predicted molar refractivity (Wildman–Crippen MR) is 93.8 cm³/mol. The molecule has 1 aliphatic rings. The summed E-state index contributed by atoms with van der Waals surface area (Å²) in [5, 5.41) is 13.0. The number of rotatable bonds is 6. The number of phenolic OH excluding ortho intramolecular Hbond substituents is 1. The molecular formula is C20H23NO3. The lowest BCUT2D eigenvalue weighted by molar-refractivity contribution is 0.0901. The van der Waals surface area contributed by atoms with Gasteiger partial charge in [-0.1, -0.05) is 30.3 Å². The van der Waals surface area contributed by atoms with Crippen molar-refractivity contribution in [2.75, 3.05) is 20.2 Å². The van der Waals surface area contributed by atoms with Gasteiger partial charge in [-0.15, -0.1) is 0 Å². The van der Waals surface area contributed by atoms with Crippen molar-refractivity contribution < 1.29 is 14.6 Å². The van der Waals surface area contributed by atoms with Gasteiger partial charge in [-0.05, 0) is 49.1 Å². The Morgan fingerprint density at radius 2 is 2.08 bits per heavy atom. The summed E-state index contributed by atoms with van der Waals surface area (Å²) in [6, 6.07) is 13.3. The Kier molecular flexibility index (Phi) is 5.16. The first-order valence-corrected chi connectivity index (χ1v) is 8.37. The van der Waals surface area contributed by atoms with Gasteiger partial charge in [0.25, 0.3) is 0 Å². The fourth-order valence-corrected chi connectivity index (χ4v) is 3.24. The predicted octanol–water partition coefficient (Wildman–Crippen LogP) is 2.98. The van der Waals surface area contributed by atoms with Gasteiger partial charge in [-0.25, -0.2) is 0 Å². The number of aryl methyl sites for hydroxylation is 1. The zero-order valence-corrected chi connectivity index (χ0v) is 13.9. The van der Waals surface area contributed by atoms with Crippen LogP contribution >= 0.6 is 0 Å². The van der Waals surface area contributed by atoms with Crippen LogP contribution < -0.4 is 10.1 Å². The lowest BCUT2D eigenvalue weighted by atomic mass is 9.83. The van der Waals surface area contributed by atoms with Gasteiger partial charge < -0.3 is 15.2 Å². The van der Waals surface area contributed by atoms with Gasteiger partial charge in [0.1, 0.15) is 0 Å². The second-order valence-corrected chi connectivity index (χ2v) is 6.22. The highest BCUT2D eigenvalue weighted by molar-refractivity contribution is 6.00. The number of Topliss-reactive ketones (excluding diaryl/α,β-unsaturated/α-hetero) is 1. The van der Waals surface area contributed by atoms with Gasteiger partial charge >= 0.3 is 0 Å². The number of ketones is 1. The number of phenols is 1. The van der Waals surface area contributed by atoms with E-state index in [1.54, 1.807) is 13.2 Å². The molecule has 4 heteroatoms. The molecule has 1 unspecified atom stereocenters. The largest absolute Gasteiger partial charge is 0.504 e. The normalized spacial score (nSPS) is 16.7. The number of nitrogens with one attached hydrogen (secondary N) is 1. The summed E-state index contributed by atoms with van der Waals surface area (Å²) in [4.78, 5) is 12.5. The fraction of sp³-hybridized carbons (Fsp3) is 0.350. The molecule has 126 valence electrons. The molecule has 0 aromatic heterocycles. The molecule has 0 aliphatic heterocycles. The van der Waals surface area contributed by atoms with Gasteiger partial charge in [-0.2, -0.15) is 0 Å². The molecule has 0 radical (unpaired) electrons. The first-order valence-electron chi connectivity index (χ1n) is 8.37. The van der Waals surface area contributed by atoms with Gasteiger partial charge in [0, 0.05) is 18.0 Å². The standard InChI is InChI=1S/C20H23NO3/c1-24-19-12-14(6-9-18(19)22)10-11-21-13-16-8-7-15-4-2-3-5-17(15)20(16)23/h2-6,9,12,16,21-22H,7-8,10-11,13H2,1H3. The Hall–Kier alpha value is -2.33. The van der Waals surface area contributed by atoms with Crippen LogP contribution in [0, 0.1) is 5.92 Å². The maximum Gasteiger partial charge on any atom is 0.167 e. The van der Waals surface area contributed by atoms with Crippen molar-refractivity contribution in [3.8, 4) is 11.5 Å². The van der Waals surface area contributed by atoms with Gasteiger partial charge in [0.2, 0.25) is 0 Å². The molecule has 0 heterocycles. The molecule has 4 nitrogen and oxygen atoms in total. The number of carbonyl (C=O) groups is 1. The molecule has 2 N–H and O–H groups in total. The van der Waals surface area contributed by atoms with Gasteiger partial charge in [0.05, 0.1) is 7.11 Å². The fourth-order valence-electron chi connectivity index (χ4n) is 3.24. The zero-order valence-electron chi connectivity index (χ0n) is 13.9. The number of aromatic hydroxyl groups is 1. The third-order valence-electron chi connectivity index (χ3n) is 4.64. The molecule has 1 atom stereocenters. The minimum atomic E-state index is 0.0641. The monoisotopic (exact) mass is 325 g/mol. The van der Waals surface area contributed by atoms with Crippen LogP contribution in [0.2, 0.25) is 0 Å². The van der Waals surface area contributed by atoms with Crippen molar-refractivity contribution in [3.05, 3.63) is 59.2 Å². The SMILES string of the molecule is COc1cc(CCNCC2CCc3ccccc3C2=O)ccc1O. The summed E-state index contributed by atoms with van der Waals surface area (Å²) in [5.74, 6) is 0.970. The van der Waals surface area contributed by atoms with Crippen molar-refractivity contribution in [3.63, 3.8) is 0 Å². The van der Waals surface area contributed by atoms with E-state index in [0.717, 1.165) is 36.9 Å². The molecule has 0 amide bonds. The van der Waals surface area contributed by atoms with E-state index >= 15 is 0 Å². The van der Waals surface area contributed by atoms with Crippen LogP contribution in [0.25, 0.3) is 0 Å². The average molecular weight is 325 g/mol. The minimum Gasteiger partial charge on any atom is -0.504 e. The molecular weight excluding hydrogens is 302 g/mol. The van der Waals surface area contributed by atoms with Crippen LogP contribution in [0.4, 0.5) is 0 Å². The van der Waals surface area contributed by atoms with Crippen molar-refractivity contribution in [2.24, 2.45) is 5.92 Å². The summed E-state index contributed by atoms with van der Waals surface area (Å²) in [7, 11) is 1.55. The summed E-state index contributed by atoms with van der Waals surface area (Å²) >= 11 is 0. The highest BCUT2D eigenvalue weighted by Crippen LogP contribution is 2.27. The topological polar surface area (TPSA) is 58.6 Å². The highest BCUT2D eigenvalue weighted by atomic mass is 16.5. The Morgan fingerprint density at radius 1 is 1.25 bits per heavy atom. The lowest BCUT2D eigenvalue weighted by Crippen LogP contribution is -2.33. The van der Waals surface area contributed by atoms with Crippen molar-refractivity contribution in [1.29, 1.82) is 0 Å². The Balaban J connectivity index is 1.50. The summed E-state index contributed by atoms with van der Waals surface area (Å²) in [5.41, 5.74) is 3.16. The van der Waals surface area contributed by atoms with Crippen LogP contribution in [0.1, 0.15) is 27.9 Å². The Labute approximate surface area is 142 Å². The van der Waals surface area contributed by atoms with Crippen molar-refractivity contribution in [2.45, 2.75) is 19.3 Å². The quantitative estimate of drug-likeness (QED) is 0.802. The summed E-state index contributed by atoms with van der Waals surface area (Å²) in [6.07, 6.45) is 2.72. The van der Waals surface area contributed by atoms with Crippen molar-refractivity contribution in [1.82, 2.24) is 5.32 Å². The molecule has 0 bridgehead atoms. The minimum absolute atomic E-state index is 0.0641. The van der Waals surface area contributed by atoms with Crippen LogP contribution in [-0.2, 0) is 12.8 Å². The zero-order chi connectivity index (χ0) is 16.9. The van der Waals surface area contributed by atoms with E-state index in [4.69, 9.17) is 4.74 Å². The third kappa shape index (κ3) is 3.60. The molecule has 0 saturated carbocycles. The van der Waals surface area contributed by atoms with E-state index in [1.807, 2.05) is 30.3 Å². The van der Waals surface area contributed by atoms with Crippen LogP contribution in [0.15, 0.2) is 42.5 Å². The molecule has 2 aromatic carbocycles. The molecule has 0 saturated heterocycles. The van der Waals surface area contributed by atoms with Crippen molar-refractivity contribution >= 4 is 5.78 Å². The van der Waals surface area contributed by atoms with Gasteiger partial charge in [0.15, 0.2) is 17.3 Å². The van der Waals surface area contributed by atoms with Crippen LogP contribution in [0.5, 0.6) is 11.5 Å². The van der Waals surface area contributed by atoms with Crippen LogP contribution in [-0.4, -0.2) is 31.1 Å². The number of hydrogen-bond acceptors (Lipinski definition) is 4. The first kappa shape index (κ1) is 16.5. The first-order chi connectivity index (χ1) is 11.7. The number of carbonyl (C=O) groups excluding carboxylic acids is 1. The summed E-state index contributed by atoms with van der Waals surface area (Å²) < 4.78 is 5.12. The van der Waals surface area contributed by atoms with E-state index in [0.29, 0.717) is 12.3 Å². The van der Waals surface area contributed by atoms with E-state index < -0.39 is 0 Å². The molecule has 24 heavy (non-hydrogen) atoms. The smallest absolute Gasteiger partial charge is 0.167 e. The number of benzene rings is 2. The Morgan fingerprint density at radius 3 is 2.92 bits per heavy atom. The van der Waals surface area contributed by atoms with E-state index in [1.165, 1.54) is 5.56 Å². The maximum atomic E-state index is 12.5. The number of hydrogen-bond donors (Lipinski definition) is 2. The van der Waals surface area contributed by atoms with Gasteiger partial charge in [-0.3, -0.25) is 4.79 Å². The van der Waals surface area contributed by atoms with E-state index in [2.05, 4.69) is 11.4 Å². The average Bonchev–Trinajstić information content (AvgIpc) is 2.62. The second kappa shape index (κ2) is 7.49. The van der Waals surface area contributed by atoms with Crippen LogP contribution in [0.3, 0.4) is 0 Å². The molecule has 0 fully saturated rings. The van der Waals surface area contributed by atoms with E-state index in [9.17, 15) is 9.90 Å². The maximum absolute atomic E-state index is 12.5. The number of ether oxygens (including phenoxy) is 1. The lowest BCUT2D eigenvalue weighted by Gasteiger charge is -2.23. The third-order valence-corrected chi connectivity index (χ3v) is 4.64.